The van der Waals surface area contributed by atoms with Crippen molar-refractivity contribution in [3.63, 3.8) is 0 Å². The van der Waals surface area contributed by atoms with E-state index in [1.54, 1.807) is 11.3 Å². The molecule has 1 atom stereocenters. The fourth-order valence-corrected chi connectivity index (χ4v) is 4.10. The molecule has 2 rings (SSSR count). The zero-order chi connectivity index (χ0) is 14.5. The van der Waals surface area contributed by atoms with Crippen molar-refractivity contribution in [3.8, 4) is 0 Å². The Morgan fingerprint density at radius 3 is 2.80 bits per heavy atom. The van der Waals surface area contributed by atoms with Crippen LogP contribution in [-0.4, -0.2) is 24.4 Å². The molecule has 3 nitrogen and oxygen atoms in total. The highest BCUT2D eigenvalue weighted by Crippen LogP contribution is 2.32. The van der Waals surface area contributed by atoms with E-state index in [1.165, 1.54) is 32.1 Å². The van der Waals surface area contributed by atoms with Gasteiger partial charge in [0.2, 0.25) is 0 Å². The number of anilines is 1. The lowest BCUT2D eigenvalue weighted by Gasteiger charge is -2.19. The molecule has 1 unspecified atom stereocenters. The van der Waals surface area contributed by atoms with Crippen molar-refractivity contribution in [2.45, 2.75) is 58.8 Å². The number of carbonyl (C=O) groups excluding carboxylic acids is 1. The van der Waals surface area contributed by atoms with Crippen LogP contribution < -0.4 is 4.90 Å². The summed E-state index contributed by atoms with van der Waals surface area (Å²) >= 11 is 1.56. The summed E-state index contributed by atoms with van der Waals surface area (Å²) in [4.78, 5) is 19.1. The minimum atomic E-state index is 0.319. The number of thiazole rings is 1. The zero-order valence-electron chi connectivity index (χ0n) is 12.9. The first-order chi connectivity index (χ1) is 9.65. The highest BCUT2D eigenvalue weighted by atomic mass is 32.1. The fourth-order valence-electron chi connectivity index (χ4n) is 3.02. The molecule has 1 fully saturated rings. The maximum Gasteiger partial charge on any atom is 0.186 e. The topological polar surface area (TPSA) is 33.2 Å². The summed E-state index contributed by atoms with van der Waals surface area (Å²) in [5, 5.41) is 1.05. The number of hydrogen-bond acceptors (Lipinski definition) is 4. The van der Waals surface area contributed by atoms with Crippen LogP contribution >= 0.6 is 11.3 Å². The minimum Gasteiger partial charge on any atom is -0.348 e. The smallest absolute Gasteiger partial charge is 0.186 e. The van der Waals surface area contributed by atoms with Gasteiger partial charge >= 0.3 is 0 Å². The van der Waals surface area contributed by atoms with Gasteiger partial charge in [-0.1, -0.05) is 44.9 Å². The molecule has 1 aromatic heterocycles. The van der Waals surface area contributed by atoms with Crippen molar-refractivity contribution in [3.05, 3.63) is 10.6 Å². The summed E-state index contributed by atoms with van der Waals surface area (Å²) in [5.41, 5.74) is 0.967. The van der Waals surface area contributed by atoms with Gasteiger partial charge in [0.25, 0.3) is 0 Å². The Balaban J connectivity index is 2.09. The Kier molecular flexibility index (Phi) is 5.58. The van der Waals surface area contributed by atoms with Gasteiger partial charge in [0, 0.05) is 13.1 Å². The summed E-state index contributed by atoms with van der Waals surface area (Å²) in [6.45, 7) is 8.66. The summed E-state index contributed by atoms with van der Waals surface area (Å²) in [6.07, 6.45) is 7.46. The van der Waals surface area contributed by atoms with E-state index in [0.717, 1.165) is 41.0 Å². The molecular formula is C16H26N2OS. The molecule has 1 saturated heterocycles. The monoisotopic (exact) mass is 294 g/mol. The number of carbonyl (C=O) groups is 1. The van der Waals surface area contributed by atoms with Gasteiger partial charge in [-0.3, -0.25) is 4.79 Å². The minimum absolute atomic E-state index is 0.319. The molecule has 20 heavy (non-hydrogen) atoms. The number of aldehydes is 1. The predicted octanol–water partition coefficient (Wildman–Crippen LogP) is 4.49. The van der Waals surface area contributed by atoms with E-state index in [0.29, 0.717) is 5.92 Å². The molecule has 0 saturated carbocycles. The lowest BCUT2D eigenvalue weighted by molar-refractivity contribution is 0.112. The van der Waals surface area contributed by atoms with Crippen molar-refractivity contribution in [1.29, 1.82) is 0 Å². The third-order valence-electron chi connectivity index (χ3n) is 4.14. The lowest BCUT2D eigenvalue weighted by Crippen LogP contribution is -2.24. The number of nitrogens with zero attached hydrogens (tertiary/aromatic N) is 2. The van der Waals surface area contributed by atoms with Gasteiger partial charge in [-0.15, -0.1) is 0 Å². The molecule has 0 aromatic carbocycles. The molecule has 1 aliphatic rings. The fraction of sp³-hybridized carbons (Fsp3) is 0.750. The van der Waals surface area contributed by atoms with Gasteiger partial charge in [0.1, 0.15) is 0 Å². The highest BCUT2D eigenvalue weighted by molar-refractivity contribution is 7.17. The van der Waals surface area contributed by atoms with Crippen LogP contribution in [0.25, 0.3) is 0 Å². The van der Waals surface area contributed by atoms with E-state index in [-0.39, 0.29) is 0 Å². The normalized spacial score (nSPS) is 20.2. The third-order valence-corrected chi connectivity index (χ3v) is 5.20. The van der Waals surface area contributed by atoms with E-state index in [9.17, 15) is 4.79 Å². The van der Waals surface area contributed by atoms with Crippen LogP contribution in [0.5, 0.6) is 0 Å². The zero-order valence-corrected chi connectivity index (χ0v) is 13.7. The van der Waals surface area contributed by atoms with Crippen molar-refractivity contribution in [2.75, 3.05) is 18.0 Å². The van der Waals surface area contributed by atoms with E-state index in [2.05, 4.69) is 25.7 Å². The average molecular weight is 294 g/mol. The second-order valence-corrected chi connectivity index (χ2v) is 7.10. The van der Waals surface area contributed by atoms with Crippen molar-refractivity contribution in [2.24, 2.45) is 5.92 Å². The van der Waals surface area contributed by atoms with Crippen LogP contribution in [0.15, 0.2) is 0 Å². The standard InChI is InChI=1S/C16H26N2OS/c1-4-6-13-7-5-9-18(10-8-13)16-17-15(12(2)3)14(11-19)20-16/h11-13H,4-10H2,1-3H3. The maximum absolute atomic E-state index is 11.2. The molecule has 0 radical (unpaired) electrons. The Morgan fingerprint density at radius 2 is 2.20 bits per heavy atom. The molecule has 0 aliphatic carbocycles. The first-order valence-electron chi connectivity index (χ1n) is 7.86. The quantitative estimate of drug-likeness (QED) is 0.750. The lowest BCUT2D eigenvalue weighted by atomic mass is 9.96. The highest BCUT2D eigenvalue weighted by Gasteiger charge is 2.21. The Hall–Kier alpha value is -0.900. The molecule has 0 N–H and O–H groups in total. The number of aromatic nitrogens is 1. The molecule has 112 valence electrons. The second kappa shape index (κ2) is 7.21. The van der Waals surface area contributed by atoms with Crippen LogP contribution in [0.1, 0.15) is 74.2 Å². The predicted molar refractivity (Wildman–Crippen MR) is 86.1 cm³/mol. The number of rotatable bonds is 5. The van der Waals surface area contributed by atoms with Crippen LogP contribution in [0.2, 0.25) is 0 Å². The largest absolute Gasteiger partial charge is 0.348 e. The third kappa shape index (κ3) is 3.60. The van der Waals surface area contributed by atoms with Crippen LogP contribution in [0, 0.1) is 5.92 Å². The van der Waals surface area contributed by atoms with Gasteiger partial charge in [0.05, 0.1) is 10.6 Å². The number of hydrogen-bond donors (Lipinski definition) is 0. The van der Waals surface area contributed by atoms with Crippen molar-refractivity contribution in [1.82, 2.24) is 4.98 Å². The van der Waals surface area contributed by atoms with Gasteiger partial charge < -0.3 is 4.90 Å². The summed E-state index contributed by atoms with van der Waals surface area (Å²) < 4.78 is 0. The molecule has 0 spiro atoms. The van der Waals surface area contributed by atoms with E-state index in [1.807, 2.05) is 0 Å². The second-order valence-electron chi connectivity index (χ2n) is 6.09. The van der Waals surface area contributed by atoms with Crippen molar-refractivity contribution >= 4 is 22.8 Å². The first kappa shape index (κ1) is 15.5. The van der Waals surface area contributed by atoms with Crippen LogP contribution in [0.3, 0.4) is 0 Å². The van der Waals surface area contributed by atoms with E-state index >= 15 is 0 Å². The van der Waals surface area contributed by atoms with Crippen LogP contribution in [-0.2, 0) is 0 Å². The molecular weight excluding hydrogens is 268 g/mol. The average Bonchev–Trinajstić information content (AvgIpc) is 2.73. The van der Waals surface area contributed by atoms with Gasteiger partial charge in [-0.25, -0.2) is 4.98 Å². The van der Waals surface area contributed by atoms with Crippen LogP contribution in [0.4, 0.5) is 5.13 Å². The maximum atomic E-state index is 11.2. The van der Waals surface area contributed by atoms with Gasteiger partial charge in [-0.05, 0) is 31.1 Å². The van der Waals surface area contributed by atoms with Gasteiger partial charge in [-0.2, -0.15) is 0 Å². The Morgan fingerprint density at radius 1 is 1.40 bits per heavy atom. The van der Waals surface area contributed by atoms with E-state index in [4.69, 9.17) is 4.98 Å². The van der Waals surface area contributed by atoms with Gasteiger partial charge in [0.15, 0.2) is 11.4 Å². The first-order valence-corrected chi connectivity index (χ1v) is 8.68. The SMILES string of the molecule is CCCC1CCCN(c2nc(C(C)C)c(C=O)s2)CC1. The molecule has 0 amide bonds. The Bertz CT molecular complexity index is 442. The summed E-state index contributed by atoms with van der Waals surface area (Å²) in [5.74, 6) is 1.19. The molecule has 1 aromatic rings. The summed E-state index contributed by atoms with van der Waals surface area (Å²) in [7, 11) is 0. The summed E-state index contributed by atoms with van der Waals surface area (Å²) in [6, 6.07) is 0. The molecule has 4 heteroatoms. The molecule has 1 aliphatic heterocycles. The molecule has 2 heterocycles. The van der Waals surface area contributed by atoms with E-state index < -0.39 is 0 Å². The Labute approximate surface area is 126 Å². The molecule has 0 bridgehead atoms. The van der Waals surface area contributed by atoms with Crippen molar-refractivity contribution < 1.29 is 4.79 Å².